The summed E-state index contributed by atoms with van der Waals surface area (Å²) in [6, 6.07) is 0.978. The van der Waals surface area contributed by atoms with E-state index in [1.165, 1.54) is 17.8 Å². The van der Waals surface area contributed by atoms with Gasteiger partial charge in [0.25, 0.3) is 5.56 Å². The Kier molecular flexibility index (Phi) is 2.91. The molecule has 0 saturated heterocycles. The van der Waals surface area contributed by atoms with Crippen LogP contribution in [0.25, 0.3) is 0 Å². The zero-order valence-electron chi connectivity index (χ0n) is 7.98. The van der Waals surface area contributed by atoms with Crippen molar-refractivity contribution >= 4 is 5.97 Å². The maximum absolute atomic E-state index is 11.2. The third-order valence-corrected chi connectivity index (χ3v) is 1.70. The van der Waals surface area contributed by atoms with Gasteiger partial charge in [0.05, 0.1) is 6.61 Å². The monoisotopic (exact) mass is 197 g/mol. The fourth-order valence-corrected chi connectivity index (χ4v) is 0.986. The van der Waals surface area contributed by atoms with E-state index in [1.807, 2.05) is 0 Å². The number of ether oxygens (including phenoxy) is 1. The van der Waals surface area contributed by atoms with Crippen LogP contribution < -0.4 is 5.56 Å². The van der Waals surface area contributed by atoms with Crippen LogP contribution >= 0.6 is 0 Å². The summed E-state index contributed by atoms with van der Waals surface area (Å²) in [6.07, 6.45) is 1.25. The average molecular weight is 197 g/mol. The topological polar surface area (TPSA) is 68.5 Å². The molecule has 0 radical (unpaired) electrons. The van der Waals surface area contributed by atoms with Crippen LogP contribution in [0.15, 0.2) is 17.1 Å². The molecule has 1 N–H and O–H groups in total. The van der Waals surface area contributed by atoms with E-state index < -0.39 is 5.97 Å². The largest absolute Gasteiger partial charge is 0.507 e. The molecular formula is C9H11NO4. The van der Waals surface area contributed by atoms with Gasteiger partial charge >= 0.3 is 5.97 Å². The molecule has 0 aliphatic heterocycles. The van der Waals surface area contributed by atoms with Gasteiger partial charge in [0.2, 0.25) is 0 Å². The predicted octanol–water partition coefficient (Wildman–Crippen LogP) is 0.268. The van der Waals surface area contributed by atoms with Gasteiger partial charge < -0.3 is 14.4 Å². The molecule has 0 aromatic carbocycles. The number of carbonyl (C=O) groups excluding carboxylic acids is 1. The van der Waals surface area contributed by atoms with Gasteiger partial charge in [-0.25, -0.2) is 4.79 Å². The van der Waals surface area contributed by atoms with Gasteiger partial charge in [0.1, 0.15) is 11.3 Å². The maximum Gasteiger partial charge on any atom is 0.343 e. The molecule has 0 spiro atoms. The Balaban J connectivity index is 3.16. The molecule has 76 valence electrons. The lowest BCUT2D eigenvalue weighted by atomic mass is 10.2. The molecule has 1 rings (SSSR count). The molecule has 5 nitrogen and oxygen atoms in total. The zero-order chi connectivity index (χ0) is 10.7. The summed E-state index contributed by atoms with van der Waals surface area (Å²) in [7, 11) is 1.49. The fourth-order valence-electron chi connectivity index (χ4n) is 0.986. The van der Waals surface area contributed by atoms with Crippen molar-refractivity contribution in [2.45, 2.75) is 6.92 Å². The Hall–Kier alpha value is -1.78. The van der Waals surface area contributed by atoms with Gasteiger partial charge in [-0.1, -0.05) is 0 Å². The number of esters is 1. The summed E-state index contributed by atoms with van der Waals surface area (Å²) in [5.74, 6) is -0.993. The molecule has 14 heavy (non-hydrogen) atoms. The average Bonchev–Trinajstić information content (AvgIpc) is 2.11. The molecule has 1 aromatic heterocycles. The molecule has 0 unspecified atom stereocenters. The number of aryl methyl sites for hydroxylation is 1. The fraction of sp³-hybridized carbons (Fsp3) is 0.333. The first-order valence-corrected chi connectivity index (χ1v) is 4.13. The molecule has 1 aromatic rings. The van der Waals surface area contributed by atoms with E-state index in [9.17, 15) is 14.7 Å². The lowest BCUT2D eigenvalue weighted by Crippen LogP contribution is -2.17. The molecule has 0 saturated carbocycles. The second-order valence-electron chi connectivity index (χ2n) is 2.74. The van der Waals surface area contributed by atoms with Crippen LogP contribution in [0.4, 0.5) is 0 Å². The van der Waals surface area contributed by atoms with Crippen molar-refractivity contribution in [2.75, 3.05) is 6.61 Å². The lowest BCUT2D eigenvalue weighted by Gasteiger charge is -2.05. The van der Waals surface area contributed by atoms with Crippen molar-refractivity contribution in [1.29, 1.82) is 0 Å². The number of pyridine rings is 1. The van der Waals surface area contributed by atoms with Gasteiger partial charge in [-0.05, 0) is 6.92 Å². The van der Waals surface area contributed by atoms with Crippen LogP contribution in [0, 0.1) is 0 Å². The van der Waals surface area contributed by atoms with Crippen molar-refractivity contribution < 1.29 is 14.6 Å². The van der Waals surface area contributed by atoms with Crippen LogP contribution in [-0.4, -0.2) is 22.2 Å². The standard InChI is InChI=1S/C9H11NO4/c1-3-14-9(13)6-5-10(2)8(12)4-7(6)11/h4-5,11H,3H2,1-2H3. The summed E-state index contributed by atoms with van der Waals surface area (Å²) in [5.41, 5.74) is -0.385. The van der Waals surface area contributed by atoms with E-state index in [2.05, 4.69) is 4.74 Å². The Morgan fingerprint density at radius 1 is 1.64 bits per heavy atom. The zero-order valence-corrected chi connectivity index (χ0v) is 7.98. The van der Waals surface area contributed by atoms with Gasteiger partial charge in [0, 0.05) is 19.3 Å². The minimum absolute atomic E-state index is 0.00560. The first-order chi connectivity index (χ1) is 6.56. The number of hydrogen-bond acceptors (Lipinski definition) is 4. The summed E-state index contributed by atoms with van der Waals surface area (Å²) >= 11 is 0. The van der Waals surface area contributed by atoms with Crippen molar-refractivity contribution in [1.82, 2.24) is 4.57 Å². The number of rotatable bonds is 2. The van der Waals surface area contributed by atoms with Gasteiger partial charge in [-0.3, -0.25) is 4.79 Å². The highest BCUT2D eigenvalue weighted by atomic mass is 16.5. The van der Waals surface area contributed by atoms with E-state index in [-0.39, 0.29) is 23.5 Å². The van der Waals surface area contributed by atoms with Crippen molar-refractivity contribution in [2.24, 2.45) is 7.05 Å². The molecule has 0 atom stereocenters. The highest BCUT2D eigenvalue weighted by Gasteiger charge is 2.13. The maximum atomic E-state index is 11.2. The van der Waals surface area contributed by atoms with E-state index in [1.54, 1.807) is 6.92 Å². The number of hydrogen-bond donors (Lipinski definition) is 1. The van der Waals surface area contributed by atoms with Crippen LogP contribution in [0.1, 0.15) is 17.3 Å². The number of carbonyl (C=O) groups is 1. The molecule has 1 heterocycles. The molecular weight excluding hydrogens is 186 g/mol. The van der Waals surface area contributed by atoms with E-state index in [4.69, 9.17) is 0 Å². The highest BCUT2D eigenvalue weighted by molar-refractivity contribution is 5.91. The minimum Gasteiger partial charge on any atom is -0.507 e. The molecule has 0 bridgehead atoms. The smallest absolute Gasteiger partial charge is 0.343 e. The van der Waals surface area contributed by atoms with Crippen molar-refractivity contribution in [3.8, 4) is 5.75 Å². The first-order valence-electron chi connectivity index (χ1n) is 4.13. The van der Waals surface area contributed by atoms with Gasteiger partial charge in [0.15, 0.2) is 0 Å². The van der Waals surface area contributed by atoms with Crippen molar-refractivity contribution in [3.05, 3.63) is 28.2 Å². The second-order valence-corrected chi connectivity index (χ2v) is 2.74. The predicted molar refractivity (Wildman–Crippen MR) is 49.3 cm³/mol. The highest BCUT2D eigenvalue weighted by Crippen LogP contribution is 2.13. The minimum atomic E-state index is -0.638. The Morgan fingerprint density at radius 3 is 2.86 bits per heavy atom. The second kappa shape index (κ2) is 3.95. The SMILES string of the molecule is CCOC(=O)c1cn(C)c(=O)cc1O. The summed E-state index contributed by atoms with van der Waals surface area (Å²) in [5, 5.41) is 9.30. The summed E-state index contributed by atoms with van der Waals surface area (Å²) < 4.78 is 5.89. The van der Waals surface area contributed by atoms with Crippen LogP contribution in [0.2, 0.25) is 0 Å². The summed E-state index contributed by atoms with van der Waals surface area (Å²) in [4.78, 5) is 22.3. The lowest BCUT2D eigenvalue weighted by molar-refractivity contribution is 0.0522. The summed E-state index contributed by atoms with van der Waals surface area (Å²) in [6.45, 7) is 1.89. The van der Waals surface area contributed by atoms with Gasteiger partial charge in [-0.2, -0.15) is 0 Å². The number of nitrogens with zero attached hydrogens (tertiary/aromatic N) is 1. The third-order valence-electron chi connectivity index (χ3n) is 1.70. The quantitative estimate of drug-likeness (QED) is 0.691. The normalized spacial score (nSPS) is 9.86. The van der Waals surface area contributed by atoms with E-state index in [0.29, 0.717) is 0 Å². The van der Waals surface area contributed by atoms with Gasteiger partial charge in [-0.15, -0.1) is 0 Å². The molecule has 0 amide bonds. The number of aromatic nitrogens is 1. The van der Waals surface area contributed by atoms with E-state index >= 15 is 0 Å². The molecule has 0 aliphatic carbocycles. The van der Waals surface area contributed by atoms with Crippen LogP contribution in [0.5, 0.6) is 5.75 Å². The van der Waals surface area contributed by atoms with Crippen LogP contribution in [0.3, 0.4) is 0 Å². The third kappa shape index (κ3) is 1.93. The number of aromatic hydroxyl groups is 1. The molecule has 5 heteroatoms. The first kappa shape index (κ1) is 10.3. The Labute approximate surface area is 80.6 Å². The Morgan fingerprint density at radius 2 is 2.29 bits per heavy atom. The van der Waals surface area contributed by atoms with E-state index in [0.717, 1.165) is 6.07 Å². The Bertz CT molecular complexity index is 408. The van der Waals surface area contributed by atoms with Crippen LogP contribution in [-0.2, 0) is 11.8 Å². The molecule has 0 aliphatic rings. The molecule has 0 fully saturated rings. The van der Waals surface area contributed by atoms with Crippen molar-refractivity contribution in [3.63, 3.8) is 0 Å².